The highest BCUT2D eigenvalue weighted by molar-refractivity contribution is 7.80. The number of hydrogen-bond donors (Lipinski definition) is 2. The summed E-state index contributed by atoms with van der Waals surface area (Å²) in [5.74, 6) is 0.00304. The third kappa shape index (κ3) is 6.56. The van der Waals surface area contributed by atoms with Crippen LogP contribution < -0.4 is 15.4 Å². The summed E-state index contributed by atoms with van der Waals surface area (Å²) in [5.41, 5.74) is 1.43. The molecule has 2 aromatic rings. The minimum absolute atomic E-state index is 0.175. The third-order valence-electron chi connectivity index (χ3n) is 3.01. The van der Waals surface area contributed by atoms with Crippen LogP contribution >= 0.6 is 12.2 Å². The smallest absolute Gasteiger partial charge is 0.250 e. The molecular formula is C19H17FN2O2S. The largest absolute Gasteiger partial charge is 0.490 e. The number of nitrogens with one attached hydrogen (secondary N) is 2. The fourth-order valence-corrected chi connectivity index (χ4v) is 2.07. The molecule has 0 saturated carbocycles. The molecule has 0 radical (unpaired) electrons. The Bertz CT molecular complexity index is 771. The van der Waals surface area contributed by atoms with Crippen LogP contribution in [-0.2, 0) is 4.79 Å². The first-order valence-electron chi connectivity index (χ1n) is 7.46. The number of halogens is 1. The number of amides is 1. The van der Waals surface area contributed by atoms with Gasteiger partial charge in [0.05, 0.1) is 0 Å². The Balaban J connectivity index is 1.83. The molecule has 2 N–H and O–H groups in total. The molecule has 0 bridgehead atoms. The molecule has 2 rings (SSSR count). The van der Waals surface area contributed by atoms with Crippen molar-refractivity contribution in [1.82, 2.24) is 5.32 Å². The lowest BCUT2D eigenvalue weighted by Crippen LogP contribution is -2.32. The minimum atomic E-state index is -0.382. The van der Waals surface area contributed by atoms with E-state index in [-0.39, 0.29) is 16.8 Å². The maximum atomic E-state index is 12.8. The summed E-state index contributed by atoms with van der Waals surface area (Å²) in [6.07, 6.45) is 4.56. The third-order valence-corrected chi connectivity index (χ3v) is 3.22. The number of anilines is 1. The Labute approximate surface area is 151 Å². The second kappa shape index (κ2) is 9.34. The molecule has 2 aromatic carbocycles. The molecule has 6 heteroatoms. The van der Waals surface area contributed by atoms with E-state index in [0.29, 0.717) is 17.9 Å². The van der Waals surface area contributed by atoms with Crippen LogP contribution in [0.5, 0.6) is 5.75 Å². The fourth-order valence-electron chi connectivity index (χ4n) is 1.85. The Morgan fingerprint density at radius 3 is 2.48 bits per heavy atom. The summed E-state index contributed by atoms with van der Waals surface area (Å²) in [5, 5.41) is 5.61. The molecule has 0 aliphatic heterocycles. The van der Waals surface area contributed by atoms with Crippen molar-refractivity contribution in [3.8, 4) is 5.75 Å². The molecule has 1 amide bonds. The van der Waals surface area contributed by atoms with Crippen LogP contribution in [0.25, 0.3) is 6.08 Å². The monoisotopic (exact) mass is 356 g/mol. The van der Waals surface area contributed by atoms with Gasteiger partial charge < -0.3 is 10.1 Å². The molecule has 0 unspecified atom stereocenters. The molecule has 0 aliphatic rings. The number of thiocarbonyl (C=S) groups is 1. The van der Waals surface area contributed by atoms with Gasteiger partial charge in [-0.25, -0.2) is 4.39 Å². The van der Waals surface area contributed by atoms with E-state index < -0.39 is 0 Å². The van der Waals surface area contributed by atoms with E-state index in [2.05, 4.69) is 17.2 Å². The van der Waals surface area contributed by atoms with Crippen LogP contribution in [0.1, 0.15) is 5.56 Å². The van der Waals surface area contributed by atoms with Gasteiger partial charge >= 0.3 is 0 Å². The molecule has 25 heavy (non-hydrogen) atoms. The highest BCUT2D eigenvalue weighted by Crippen LogP contribution is 2.15. The first-order chi connectivity index (χ1) is 12.1. The standard InChI is InChI=1S/C19H17FN2O2S/c1-2-13-24-17-10-8-16(9-11-17)21-19(25)22-18(23)12-5-14-3-6-15(20)7-4-14/h2-12H,1,13H2,(H2,21,22,23,25)/b12-5+. The SMILES string of the molecule is C=CCOc1ccc(NC(=S)NC(=O)/C=C/c2ccc(F)cc2)cc1. The van der Waals surface area contributed by atoms with Crippen molar-refractivity contribution in [3.05, 3.63) is 78.6 Å². The van der Waals surface area contributed by atoms with Gasteiger partial charge in [0, 0.05) is 11.8 Å². The second-order valence-corrected chi connectivity index (χ2v) is 5.36. The molecule has 128 valence electrons. The predicted molar refractivity (Wildman–Crippen MR) is 102 cm³/mol. The van der Waals surface area contributed by atoms with E-state index in [1.807, 2.05) is 0 Å². The number of rotatable bonds is 6. The van der Waals surface area contributed by atoms with Crippen molar-refractivity contribution in [2.24, 2.45) is 0 Å². The van der Waals surface area contributed by atoms with Crippen molar-refractivity contribution in [3.63, 3.8) is 0 Å². The molecule has 0 spiro atoms. The van der Waals surface area contributed by atoms with Crippen LogP contribution in [0, 0.1) is 5.82 Å². The van der Waals surface area contributed by atoms with Gasteiger partial charge in [-0.3, -0.25) is 10.1 Å². The average molecular weight is 356 g/mol. The summed E-state index contributed by atoms with van der Waals surface area (Å²) in [7, 11) is 0. The molecule has 4 nitrogen and oxygen atoms in total. The first-order valence-corrected chi connectivity index (χ1v) is 7.87. The lowest BCUT2D eigenvalue weighted by molar-refractivity contribution is -0.115. The van der Waals surface area contributed by atoms with Gasteiger partial charge in [-0.05, 0) is 60.3 Å². The van der Waals surface area contributed by atoms with Crippen LogP contribution in [0.4, 0.5) is 10.1 Å². The number of ether oxygens (including phenoxy) is 1. The Morgan fingerprint density at radius 2 is 1.84 bits per heavy atom. The zero-order chi connectivity index (χ0) is 18.1. The van der Waals surface area contributed by atoms with Crippen molar-refractivity contribution in [2.75, 3.05) is 11.9 Å². The predicted octanol–water partition coefficient (Wildman–Crippen LogP) is 3.92. The Kier molecular flexibility index (Phi) is 6.86. The Hall–Kier alpha value is -2.99. The van der Waals surface area contributed by atoms with Crippen molar-refractivity contribution >= 4 is 35.0 Å². The van der Waals surface area contributed by atoms with E-state index in [9.17, 15) is 9.18 Å². The maximum absolute atomic E-state index is 12.8. The van der Waals surface area contributed by atoms with E-state index in [4.69, 9.17) is 17.0 Å². The average Bonchev–Trinajstić information content (AvgIpc) is 2.60. The molecule has 0 aliphatic carbocycles. The van der Waals surface area contributed by atoms with E-state index in [1.54, 1.807) is 48.6 Å². The normalized spacial score (nSPS) is 10.3. The molecule has 0 heterocycles. The van der Waals surface area contributed by atoms with Crippen LogP contribution in [0.3, 0.4) is 0 Å². The molecule has 0 fully saturated rings. The van der Waals surface area contributed by atoms with Gasteiger partial charge in [-0.15, -0.1) is 0 Å². The minimum Gasteiger partial charge on any atom is -0.490 e. The topological polar surface area (TPSA) is 50.4 Å². The molecule has 0 saturated heterocycles. The molecule has 0 aromatic heterocycles. The zero-order valence-electron chi connectivity index (χ0n) is 13.4. The quantitative estimate of drug-likeness (QED) is 0.468. The van der Waals surface area contributed by atoms with Crippen molar-refractivity contribution in [1.29, 1.82) is 0 Å². The lowest BCUT2D eigenvalue weighted by Gasteiger charge is -2.09. The first kappa shape index (κ1) is 18.4. The summed E-state index contributed by atoms with van der Waals surface area (Å²) in [4.78, 5) is 11.8. The summed E-state index contributed by atoms with van der Waals surface area (Å²) in [6, 6.07) is 12.9. The summed E-state index contributed by atoms with van der Waals surface area (Å²) in [6.45, 7) is 4.01. The fraction of sp³-hybridized carbons (Fsp3) is 0.0526. The van der Waals surface area contributed by atoms with E-state index >= 15 is 0 Å². The molecular weight excluding hydrogens is 339 g/mol. The zero-order valence-corrected chi connectivity index (χ0v) is 14.2. The van der Waals surface area contributed by atoms with Gasteiger partial charge in [-0.2, -0.15) is 0 Å². The van der Waals surface area contributed by atoms with Gasteiger partial charge in [0.2, 0.25) is 5.91 Å². The highest BCUT2D eigenvalue weighted by Gasteiger charge is 2.02. The van der Waals surface area contributed by atoms with Crippen molar-refractivity contribution in [2.45, 2.75) is 0 Å². The van der Waals surface area contributed by atoms with Crippen LogP contribution in [0.15, 0.2) is 67.3 Å². The summed E-state index contributed by atoms with van der Waals surface area (Å²) >= 11 is 5.09. The van der Waals surface area contributed by atoms with Gasteiger partial charge in [0.1, 0.15) is 18.2 Å². The second-order valence-electron chi connectivity index (χ2n) is 4.95. The van der Waals surface area contributed by atoms with Crippen LogP contribution in [-0.4, -0.2) is 17.6 Å². The van der Waals surface area contributed by atoms with Gasteiger partial charge in [-0.1, -0.05) is 24.8 Å². The van der Waals surface area contributed by atoms with Gasteiger partial charge in [0.25, 0.3) is 0 Å². The van der Waals surface area contributed by atoms with E-state index in [0.717, 1.165) is 5.69 Å². The van der Waals surface area contributed by atoms with Crippen LogP contribution in [0.2, 0.25) is 0 Å². The number of carbonyl (C=O) groups excluding carboxylic acids is 1. The van der Waals surface area contributed by atoms with E-state index in [1.165, 1.54) is 18.2 Å². The number of carbonyl (C=O) groups is 1. The molecule has 0 atom stereocenters. The van der Waals surface area contributed by atoms with Crippen molar-refractivity contribution < 1.29 is 13.9 Å². The number of benzene rings is 2. The lowest BCUT2D eigenvalue weighted by atomic mass is 10.2. The number of hydrogen-bond acceptors (Lipinski definition) is 3. The Morgan fingerprint density at radius 1 is 1.16 bits per heavy atom. The summed E-state index contributed by atoms with van der Waals surface area (Å²) < 4.78 is 18.2. The van der Waals surface area contributed by atoms with Gasteiger partial charge in [0.15, 0.2) is 5.11 Å². The maximum Gasteiger partial charge on any atom is 0.250 e. The highest BCUT2D eigenvalue weighted by atomic mass is 32.1.